The fourth-order valence-corrected chi connectivity index (χ4v) is 3.49. The predicted molar refractivity (Wildman–Crippen MR) is 105 cm³/mol. The number of halogens is 1. The van der Waals surface area contributed by atoms with Crippen LogP contribution in [0.3, 0.4) is 0 Å². The molecule has 3 N–H and O–H groups in total. The number of benzene rings is 1. The Kier molecular flexibility index (Phi) is 6.17. The average Bonchev–Trinajstić information content (AvgIpc) is 2.67. The van der Waals surface area contributed by atoms with Gasteiger partial charge in [-0.15, -0.1) is 10.2 Å². The first-order chi connectivity index (χ1) is 13.0. The van der Waals surface area contributed by atoms with Crippen molar-refractivity contribution < 1.29 is 8.42 Å². The van der Waals surface area contributed by atoms with Crippen molar-refractivity contribution in [2.75, 3.05) is 23.7 Å². The highest BCUT2D eigenvalue weighted by molar-refractivity contribution is 7.89. The summed E-state index contributed by atoms with van der Waals surface area (Å²) < 4.78 is 26.8. The van der Waals surface area contributed by atoms with Crippen LogP contribution in [0.5, 0.6) is 0 Å². The van der Waals surface area contributed by atoms with Gasteiger partial charge in [0.15, 0.2) is 5.82 Å². The first kappa shape index (κ1) is 19.0. The van der Waals surface area contributed by atoms with Crippen LogP contribution in [0.1, 0.15) is 0 Å². The van der Waals surface area contributed by atoms with Crippen LogP contribution >= 0.6 is 11.6 Å². The lowest BCUT2D eigenvalue weighted by Crippen LogP contribution is -2.29. The number of nitrogens with zero attached hydrogens (tertiary/aromatic N) is 3. The van der Waals surface area contributed by atoms with E-state index in [2.05, 4.69) is 30.5 Å². The molecule has 0 atom stereocenters. The summed E-state index contributed by atoms with van der Waals surface area (Å²) in [5.74, 6) is 1.76. The third-order valence-corrected chi connectivity index (χ3v) is 5.11. The zero-order valence-electron chi connectivity index (χ0n) is 14.1. The van der Waals surface area contributed by atoms with E-state index in [4.69, 9.17) is 11.6 Å². The number of aromatic nitrogens is 3. The van der Waals surface area contributed by atoms with Crippen LogP contribution in [-0.4, -0.2) is 36.7 Å². The molecule has 0 aliphatic heterocycles. The Morgan fingerprint density at radius 2 is 1.70 bits per heavy atom. The molecule has 0 aliphatic rings. The Bertz CT molecular complexity index is 984. The number of nitrogens with one attached hydrogen (secondary N) is 3. The molecule has 3 aromatic rings. The summed E-state index contributed by atoms with van der Waals surface area (Å²) >= 11 is 5.83. The molecule has 0 spiro atoms. The molecule has 2 heterocycles. The first-order valence-corrected chi connectivity index (χ1v) is 9.90. The minimum Gasteiger partial charge on any atom is -0.367 e. The summed E-state index contributed by atoms with van der Waals surface area (Å²) in [7, 11) is -3.61. The second-order valence-electron chi connectivity index (χ2n) is 5.43. The van der Waals surface area contributed by atoms with Crippen molar-refractivity contribution in [1.82, 2.24) is 19.9 Å². The van der Waals surface area contributed by atoms with E-state index in [0.29, 0.717) is 29.0 Å². The molecular formula is C17H17ClN6O2S. The number of hydrogen-bond donors (Lipinski definition) is 3. The molecule has 0 fully saturated rings. The fourth-order valence-electron chi connectivity index (χ4n) is 2.15. The molecule has 0 unspecified atom stereocenters. The average molecular weight is 405 g/mol. The van der Waals surface area contributed by atoms with Crippen LogP contribution in [-0.2, 0) is 10.0 Å². The summed E-state index contributed by atoms with van der Waals surface area (Å²) in [6, 6.07) is 15.1. The number of pyridine rings is 1. The molecule has 8 nitrogen and oxygen atoms in total. The lowest BCUT2D eigenvalue weighted by Gasteiger charge is -2.09. The number of rotatable bonds is 8. The van der Waals surface area contributed by atoms with Crippen molar-refractivity contribution >= 4 is 39.1 Å². The van der Waals surface area contributed by atoms with Crippen LogP contribution in [0.2, 0.25) is 5.02 Å². The zero-order chi connectivity index (χ0) is 19.1. The molecule has 2 aromatic heterocycles. The maximum Gasteiger partial charge on any atom is 0.240 e. The van der Waals surface area contributed by atoms with Crippen LogP contribution in [0.15, 0.2) is 65.7 Å². The Labute approximate surface area is 162 Å². The van der Waals surface area contributed by atoms with E-state index in [1.165, 1.54) is 12.1 Å². The van der Waals surface area contributed by atoms with Gasteiger partial charge in [-0.25, -0.2) is 18.1 Å². The van der Waals surface area contributed by atoms with Crippen molar-refractivity contribution in [1.29, 1.82) is 0 Å². The highest BCUT2D eigenvalue weighted by Crippen LogP contribution is 2.15. The summed E-state index contributed by atoms with van der Waals surface area (Å²) in [6.07, 6.45) is 1.68. The van der Waals surface area contributed by atoms with Gasteiger partial charge in [-0.05, 0) is 42.5 Å². The van der Waals surface area contributed by atoms with Crippen LogP contribution < -0.4 is 15.4 Å². The maximum atomic E-state index is 12.2. The van der Waals surface area contributed by atoms with Gasteiger partial charge in [-0.3, -0.25) is 0 Å². The molecule has 0 bridgehead atoms. The predicted octanol–water partition coefficient (Wildman–Crippen LogP) is 2.66. The van der Waals surface area contributed by atoms with Gasteiger partial charge in [0, 0.05) is 24.3 Å². The van der Waals surface area contributed by atoms with Crippen LogP contribution in [0.4, 0.5) is 17.5 Å². The normalized spacial score (nSPS) is 11.1. The second kappa shape index (κ2) is 8.76. The van der Waals surface area contributed by atoms with Gasteiger partial charge in [0.25, 0.3) is 0 Å². The quantitative estimate of drug-likeness (QED) is 0.495. The molecule has 0 amide bonds. The van der Waals surface area contributed by atoms with Crippen molar-refractivity contribution in [2.24, 2.45) is 0 Å². The summed E-state index contributed by atoms with van der Waals surface area (Å²) in [4.78, 5) is 4.27. The van der Waals surface area contributed by atoms with E-state index in [1.807, 2.05) is 18.2 Å². The van der Waals surface area contributed by atoms with Gasteiger partial charge in [0.05, 0.1) is 4.90 Å². The molecule has 140 valence electrons. The van der Waals surface area contributed by atoms with E-state index in [0.717, 1.165) is 0 Å². The molecular weight excluding hydrogens is 388 g/mol. The lowest BCUT2D eigenvalue weighted by molar-refractivity contribution is 0.583. The Morgan fingerprint density at radius 1 is 0.889 bits per heavy atom. The van der Waals surface area contributed by atoms with E-state index in [-0.39, 0.29) is 11.4 Å². The third-order valence-electron chi connectivity index (χ3n) is 3.42. The van der Waals surface area contributed by atoms with Crippen LogP contribution in [0, 0.1) is 0 Å². The molecule has 3 rings (SSSR count). The fraction of sp³-hybridized carbons (Fsp3) is 0.118. The Morgan fingerprint density at radius 3 is 2.41 bits per heavy atom. The molecule has 0 radical (unpaired) electrons. The highest BCUT2D eigenvalue weighted by Gasteiger charge is 2.13. The molecule has 0 aliphatic carbocycles. The van der Waals surface area contributed by atoms with Crippen LogP contribution in [0.25, 0.3) is 0 Å². The van der Waals surface area contributed by atoms with Crippen molar-refractivity contribution in [3.05, 3.63) is 65.8 Å². The summed E-state index contributed by atoms with van der Waals surface area (Å²) in [5, 5.41) is 14.5. The molecule has 0 saturated heterocycles. The summed E-state index contributed by atoms with van der Waals surface area (Å²) in [5.41, 5.74) is 0. The van der Waals surface area contributed by atoms with Gasteiger partial charge < -0.3 is 10.6 Å². The van der Waals surface area contributed by atoms with E-state index < -0.39 is 10.0 Å². The minimum absolute atomic E-state index is 0.125. The third kappa shape index (κ3) is 5.61. The minimum atomic E-state index is -3.61. The van der Waals surface area contributed by atoms with Gasteiger partial charge in [0.1, 0.15) is 11.6 Å². The van der Waals surface area contributed by atoms with Crippen molar-refractivity contribution in [3.8, 4) is 0 Å². The standard InChI is InChI=1S/C17H17ClN6O2S/c18-13-4-3-5-14(12-13)27(25,26)21-11-10-20-16-7-8-17(24-23-16)22-15-6-1-2-9-19-15/h1-9,12,21H,10-11H2,(H,20,23)(H,19,22,24). The molecule has 0 saturated carbocycles. The maximum absolute atomic E-state index is 12.2. The molecule has 1 aromatic carbocycles. The molecule has 27 heavy (non-hydrogen) atoms. The topological polar surface area (TPSA) is 109 Å². The Hall–Kier alpha value is -2.75. The lowest BCUT2D eigenvalue weighted by atomic mass is 10.4. The van der Waals surface area contributed by atoms with Gasteiger partial charge in [-0.1, -0.05) is 23.7 Å². The number of hydrogen-bond acceptors (Lipinski definition) is 7. The first-order valence-electron chi connectivity index (χ1n) is 8.04. The van der Waals surface area contributed by atoms with Crippen molar-refractivity contribution in [2.45, 2.75) is 4.90 Å². The van der Waals surface area contributed by atoms with Gasteiger partial charge >= 0.3 is 0 Å². The van der Waals surface area contributed by atoms with Gasteiger partial charge in [0.2, 0.25) is 10.0 Å². The molecule has 10 heteroatoms. The number of anilines is 3. The van der Waals surface area contributed by atoms with Gasteiger partial charge in [-0.2, -0.15) is 0 Å². The SMILES string of the molecule is O=S(=O)(NCCNc1ccc(Nc2ccccn2)nn1)c1cccc(Cl)c1. The monoisotopic (exact) mass is 404 g/mol. The summed E-state index contributed by atoms with van der Waals surface area (Å²) in [6.45, 7) is 0.534. The van der Waals surface area contributed by atoms with Crippen molar-refractivity contribution in [3.63, 3.8) is 0 Å². The largest absolute Gasteiger partial charge is 0.367 e. The smallest absolute Gasteiger partial charge is 0.240 e. The second-order valence-corrected chi connectivity index (χ2v) is 7.63. The van der Waals surface area contributed by atoms with E-state index in [1.54, 1.807) is 30.5 Å². The van der Waals surface area contributed by atoms with E-state index >= 15 is 0 Å². The van der Waals surface area contributed by atoms with E-state index in [9.17, 15) is 8.42 Å². The Balaban J connectivity index is 1.48. The zero-order valence-corrected chi connectivity index (χ0v) is 15.7. The number of sulfonamides is 1. The highest BCUT2D eigenvalue weighted by atomic mass is 35.5.